The number of ether oxygens (including phenoxy) is 2. The topological polar surface area (TPSA) is 42.5 Å². The van der Waals surface area contributed by atoms with Crippen LogP contribution >= 0.6 is 11.6 Å². The van der Waals surface area contributed by atoms with Crippen molar-refractivity contribution in [3.8, 4) is 11.5 Å². The molecule has 2 N–H and O–H groups in total. The molecular formula is C14H21ClN2O2. The molecule has 0 bridgehead atoms. The first-order valence-electron chi connectivity index (χ1n) is 6.63. The lowest BCUT2D eigenvalue weighted by atomic mass is 10.1. The molecule has 0 saturated carbocycles. The molecule has 5 heteroatoms. The minimum Gasteiger partial charge on any atom is -0.495 e. The van der Waals surface area contributed by atoms with E-state index < -0.39 is 0 Å². The Kier molecular flexibility index (Phi) is 5.16. The summed E-state index contributed by atoms with van der Waals surface area (Å²) in [6.07, 6.45) is 3.44. The molecule has 1 aromatic carbocycles. The summed E-state index contributed by atoms with van der Waals surface area (Å²) >= 11 is 6.11. The minimum atomic E-state index is 0.454. The lowest BCUT2D eigenvalue weighted by Crippen LogP contribution is -2.21. The van der Waals surface area contributed by atoms with Crippen LogP contribution in [-0.4, -0.2) is 33.4 Å². The van der Waals surface area contributed by atoms with Gasteiger partial charge >= 0.3 is 0 Å². The van der Waals surface area contributed by atoms with Crippen LogP contribution in [0.2, 0.25) is 5.02 Å². The first-order chi connectivity index (χ1) is 9.24. The van der Waals surface area contributed by atoms with Gasteiger partial charge < -0.3 is 20.1 Å². The first-order valence-corrected chi connectivity index (χ1v) is 7.01. The Balaban J connectivity index is 2.17. The fraction of sp³-hybridized carbons (Fsp3) is 0.571. The molecule has 1 aliphatic rings. The number of hydrogen-bond acceptors (Lipinski definition) is 4. The SMILES string of the molecule is COc1cc(NC2CCCNCC2)c(OC)cc1Cl. The van der Waals surface area contributed by atoms with Crippen molar-refractivity contribution in [2.45, 2.75) is 25.3 Å². The quantitative estimate of drug-likeness (QED) is 0.892. The van der Waals surface area contributed by atoms with Gasteiger partial charge in [0.2, 0.25) is 0 Å². The molecule has 0 radical (unpaired) electrons. The van der Waals surface area contributed by atoms with Crippen molar-refractivity contribution in [3.63, 3.8) is 0 Å². The molecule has 0 spiro atoms. The van der Waals surface area contributed by atoms with Crippen LogP contribution < -0.4 is 20.1 Å². The number of benzene rings is 1. The van der Waals surface area contributed by atoms with Gasteiger partial charge in [-0.25, -0.2) is 0 Å². The minimum absolute atomic E-state index is 0.454. The Bertz CT molecular complexity index is 418. The lowest BCUT2D eigenvalue weighted by molar-refractivity contribution is 0.404. The third kappa shape index (κ3) is 3.67. The van der Waals surface area contributed by atoms with Crippen molar-refractivity contribution < 1.29 is 9.47 Å². The van der Waals surface area contributed by atoms with E-state index >= 15 is 0 Å². The molecule has 19 heavy (non-hydrogen) atoms. The Hall–Kier alpha value is -1.13. The molecule has 0 aliphatic carbocycles. The molecule has 1 fully saturated rings. The highest BCUT2D eigenvalue weighted by molar-refractivity contribution is 6.32. The molecule has 4 nitrogen and oxygen atoms in total. The van der Waals surface area contributed by atoms with Crippen LogP contribution in [0.3, 0.4) is 0 Å². The summed E-state index contributed by atoms with van der Waals surface area (Å²) in [6, 6.07) is 4.15. The van der Waals surface area contributed by atoms with Crippen molar-refractivity contribution in [1.82, 2.24) is 5.32 Å². The van der Waals surface area contributed by atoms with Crippen LogP contribution in [0.15, 0.2) is 12.1 Å². The van der Waals surface area contributed by atoms with Crippen molar-refractivity contribution >= 4 is 17.3 Å². The van der Waals surface area contributed by atoms with Crippen LogP contribution in [0, 0.1) is 0 Å². The molecule has 1 unspecified atom stereocenters. The van der Waals surface area contributed by atoms with Gasteiger partial charge in [0.05, 0.1) is 24.9 Å². The van der Waals surface area contributed by atoms with Crippen molar-refractivity contribution in [1.29, 1.82) is 0 Å². The van der Waals surface area contributed by atoms with Gasteiger partial charge in [0.25, 0.3) is 0 Å². The summed E-state index contributed by atoms with van der Waals surface area (Å²) in [7, 11) is 3.27. The smallest absolute Gasteiger partial charge is 0.143 e. The molecule has 0 amide bonds. The van der Waals surface area contributed by atoms with Crippen LogP contribution in [0.4, 0.5) is 5.69 Å². The maximum atomic E-state index is 6.11. The highest BCUT2D eigenvalue weighted by Gasteiger charge is 2.15. The zero-order chi connectivity index (χ0) is 13.7. The van der Waals surface area contributed by atoms with E-state index in [2.05, 4.69) is 10.6 Å². The van der Waals surface area contributed by atoms with E-state index in [1.807, 2.05) is 6.07 Å². The summed E-state index contributed by atoms with van der Waals surface area (Å²) in [5.74, 6) is 1.42. The van der Waals surface area contributed by atoms with Crippen LogP contribution in [0.5, 0.6) is 11.5 Å². The molecule has 1 atom stereocenters. The highest BCUT2D eigenvalue weighted by Crippen LogP contribution is 2.36. The van der Waals surface area contributed by atoms with Gasteiger partial charge in [-0.15, -0.1) is 0 Å². The predicted octanol–water partition coefficient (Wildman–Crippen LogP) is 2.91. The summed E-state index contributed by atoms with van der Waals surface area (Å²) in [5.41, 5.74) is 0.940. The maximum Gasteiger partial charge on any atom is 0.143 e. The number of anilines is 1. The van der Waals surface area contributed by atoms with E-state index in [4.69, 9.17) is 21.1 Å². The second kappa shape index (κ2) is 6.87. The van der Waals surface area contributed by atoms with Crippen molar-refractivity contribution in [3.05, 3.63) is 17.2 Å². The standard InChI is InChI=1S/C14H21ClN2O2/c1-18-13-9-12(14(19-2)8-11(13)15)17-10-4-3-6-16-7-5-10/h8-10,16-17H,3-7H2,1-2H3. The number of methoxy groups -OCH3 is 2. The monoisotopic (exact) mass is 284 g/mol. The van der Waals surface area contributed by atoms with Gasteiger partial charge in [0, 0.05) is 18.2 Å². The lowest BCUT2D eigenvalue weighted by Gasteiger charge is -2.20. The molecule has 1 saturated heterocycles. The molecule has 1 heterocycles. The van der Waals surface area contributed by atoms with Crippen LogP contribution in [-0.2, 0) is 0 Å². The summed E-state index contributed by atoms with van der Waals surface area (Å²) in [6.45, 7) is 2.14. The van der Waals surface area contributed by atoms with Gasteiger partial charge in [-0.05, 0) is 32.4 Å². The van der Waals surface area contributed by atoms with E-state index in [-0.39, 0.29) is 0 Å². The van der Waals surface area contributed by atoms with Crippen LogP contribution in [0.1, 0.15) is 19.3 Å². The van der Waals surface area contributed by atoms with E-state index in [1.54, 1.807) is 20.3 Å². The fourth-order valence-corrected chi connectivity index (χ4v) is 2.59. The number of rotatable bonds is 4. The Morgan fingerprint density at radius 2 is 1.95 bits per heavy atom. The molecule has 1 aromatic rings. The average Bonchev–Trinajstić information content (AvgIpc) is 2.69. The highest BCUT2D eigenvalue weighted by atomic mass is 35.5. The van der Waals surface area contributed by atoms with E-state index in [0.717, 1.165) is 37.4 Å². The summed E-state index contributed by atoms with van der Waals surface area (Å²) < 4.78 is 10.6. The predicted molar refractivity (Wildman–Crippen MR) is 78.7 cm³/mol. The van der Waals surface area contributed by atoms with Gasteiger partial charge in [-0.1, -0.05) is 11.6 Å². The normalized spacial score (nSPS) is 19.6. The largest absolute Gasteiger partial charge is 0.495 e. The second-order valence-corrected chi connectivity index (χ2v) is 5.12. The Morgan fingerprint density at radius 1 is 1.16 bits per heavy atom. The molecule has 2 rings (SSSR count). The maximum absolute atomic E-state index is 6.11. The van der Waals surface area contributed by atoms with Gasteiger partial charge in [-0.2, -0.15) is 0 Å². The first kappa shape index (κ1) is 14.3. The Labute approximate surface area is 119 Å². The molecule has 1 aliphatic heterocycles. The van der Waals surface area contributed by atoms with Crippen molar-refractivity contribution in [2.24, 2.45) is 0 Å². The van der Waals surface area contributed by atoms with E-state index in [0.29, 0.717) is 16.8 Å². The molecular weight excluding hydrogens is 264 g/mol. The second-order valence-electron chi connectivity index (χ2n) is 4.71. The average molecular weight is 285 g/mol. The zero-order valence-electron chi connectivity index (χ0n) is 11.5. The van der Waals surface area contributed by atoms with Crippen molar-refractivity contribution in [2.75, 3.05) is 32.6 Å². The van der Waals surface area contributed by atoms with E-state index in [9.17, 15) is 0 Å². The summed E-state index contributed by atoms with van der Waals surface area (Å²) in [5, 5.41) is 7.51. The third-order valence-electron chi connectivity index (χ3n) is 3.41. The third-order valence-corrected chi connectivity index (χ3v) is 3.70. The van der Waals surface area contributed by atoms with E-state index in [1.165, 1.54) is 6.42 Å². The number of hydrogen-bond donors (Lipinski definition) is 2. The summed E-state index contributed by atoms with van der Waals surface area (Å²) in [4.78, 5) is 0. The fourth-order valence-electron chi connectivity index (χ4n) is 2.36. The van der Waals surface area contributed by atoms with Gasteiger partial charge in [0.1, 0.15) is 11.5 Å². The Morgan fingerprint density at radius 3 is 2.68 bits per heavy atom. The van der Waals surface area contributed by atoms with Gasteiger partial charge in [-0.3, -0.25) is 0 Å². The molecule has 0 aromatic heterocycles. The zero-order valence-corrected chi connectivity index (χ0v) is 12.2. The molecule has 106 valence electrons. The van der Waals surface area contributed by atoms with Gasteiger partial charge in [0.15, 0.2) is 0 Å². The number of halogens is 1. The van der Waals surface area contributed by atoms with Crippen LogP contribution in [0.25, 0.3) is 0 Å². The number of nitrogens with one attached hydrogen (secondary N) is 2.